The molecule has 0 aliphatic carbocycles. The standard InChI is InChI=1S/C18H24N4O3/c19-17(24)15-9-12-5-1-2-6-13(12)10-22(15)11-16(23)21-14-7-3-4-8-20-18(14)25/h1-2,5-6,14-15H,3-4,7-11H2,(H2,19,24)(H,20,25)(H,21,23)/t14-,15-/m0/s1. The summed E-state index contributed by atoms with van der Waals surface area (Å²) in [7, 11) is 0. The lowest BCUT2D eigenvalue weighted by Crippen LogP contribution is -2.54. The van der Waals surface area contributed by atoms with E-state index < -0.39 is 18.0 Å². The van der Waals surface area contributed by atoms with Crippen molar-refractivity contribution in [3.63, 3.8) is 0 Å². The van der Waals surface area contributed by atoms with Gasteiger partial charge >= 0.3 is 0 Å². The molecule has 1 saturated heterocycles. The minimum absolute atomic E-state index is 0.0473. The van der Waals surface area contributed by atoms with Crippen LogP contribution in [0.4, 0.5) is 0 Å². The van der Waals surface area contributed by atoms with Crippen molar-refractivity contribution in [1.29, 1.82) is 0 Å². The van der Waals surface area contributed by atoms with E-state index in [2.05, 4.69) is 10.6 Å². The highest BCUT2D eigenvalue weighted by Gasteiger charge is 2.32. The maximum atomic E-state index is 12.4. The quantitative estimate of drug-likeness (QED) is 0.696. The molecule has 7 heteroatoms. The number of hydrogen-bond acceptors (Lipinski definition) is 4. The Morgan fingerprint density at radius 1 is 1.24 bits per heavy atom. The Kier molecular flexibility index (Phi) is 5.33. The fourth-order valence-electron chi connectivity index (χ4n) is 3.53. The third kappa shape index (κ3) is 4.17. The molecule has 1 aromatic carbocycles. The van der Waals surface area contributed by atoms with Crippen molar-refractivity contribution in [2.45, 2.75) is 44.3 Å². The summed E-state index contributed by atoms with van der Waals surface area (Å²) in [5.41, 5.74) is 7.73. The molecule has 1 aromatic rings. The van der Waals surface area contributed by atoms with Crippen molar-refractivity contribution in [1.82, 2.24) is 15.5 Å². The van der Waals surface area contributed by atoms with Crippen LogP contribution in [0, 0.1) is 0 Å². The van der Waals surface area contributed by atoms with Gasteiger partial charge in [-0.2, -0.15) is 0 Å². The van der Waals surface area contributed by atoms with Crippen LogP contribution in [-0.2, 0) is 27.3 Å². The van der Waals surface area contributed by atoms with Gasteiger partial charge in [0, 0.05) is 13.1 Å². The molecule has 3 rings (SSSR count). The van der Waals surface area contributed by atoms with Crippen LogP contribution < -0.4 is 16.4 Å². The second-order valence-electron chi connectivity index (χ2n) is 6.70. The van der Waals surface area contributed by atoms with Crippen molar-refractivity contribution < 1.29 is 14.4 Å². The Morgan fingerprint density at radius 3 is 2.76 bits per heavy atom. The molecular weight excluding hydrogens is 320 g/mol. The number of carbonyl (C=O) groups excluding carboxylic acids is 3. The lowest BCUT2D eigenvalue weighted by Gasteiger charge is -2.34. The number of amides is 3. The monoisotopic (exact) mass is 344 g/mol. The molecule has 1 fully saturated rings. The van der Waals surface area contributed by atoms with Crippen LogP contribution in [0.2, 0.25) is 0 Å². The molecule has 2 aliphatic heterocycles. The first-order valence-corrected chi connectivity index (χ1v) is 8.72. The molecular formula is C18H24N4O3. The third-order valence-electron chi connectivity index (χ3n) is 4.89. The maximum Gasteiger partial charge on any atom is 0.242 e. The summed E-state index contributed by atoms with van der Waals surface area (Å²) in [6.07, 6.45) is 2.96. The highest BCUT2D eigenvalue weighted by atomic mass is 16.2. The first-order valence-electron chi connectivity index (χ1n) is 8.72. The van der Waals surface area contributed by atoms with Gasteiger partial charge in [0.25, 0.3) is 0 Å². The van der Waals surface area contributed by atoms with E-state index in [1.54, 1.807) is 4.90 Å². The lowest BCUT2D eigenvalue weighted by molar-refractivity contribution is -0.131. The molecule has 2 heterocycles. The van der Waals surface area contributed by atoms with Gasteiger partial charge < -0.3 is 16.4 Å². The van der Waals surface area contributed by atoms with Gasteiger partial charge in [0.15, 0.2) is 0 Å². The fourth-order valence-corrected chi connectivity index (χ4v) is 3.53. The molecule has 0 spiro atoms. The summed E-state index contributed by atoms with van der Waals surface area (Å²) >= 11 is 0. The van der Waals surface area contributed by atoms with E-state index in [-0.39, 0.29) is 18.4 Å². The number of nitrogens with zero attached hydrogens (tertiary/aromatic N) is 1. The summed E-state index contributed by atoms with van der Waals surface area (Å²) in [6, 6.07) is 6.85. The Morgan fingerprint density at radius 2 is 2.00 bits per heavy atom. The van der Waals surface area contributed by atoms with Gasteiger partial charge in [-0.25, -0.2) is 0 Å². The zero-order valence-electron chi connectivity index (χ0n) is 14.2. The Bertz CT molecular complexity index is 676. The fraction of sp³-hybridized carbons (Fsp3) is 0.500. The second kappa shape index (κ2) is 7.65. The van der Waals surface area contributed by atoms with E-state index in [1.165, 1.54) is 0 Å². The van der Waals surface area contributed by atoms with E-state index in [1.807, 2.05) is 24.3 Å². The minimum atomic E-state index is -0.511. The summed E-state index contributed by atoms with van der Waals surface area (Å²) in [5.74, 6) is -0.830. The van der Waals surface area contributed by atoms with Gasteiger partial charge in [0.05, 0.1) is 12.6 Å². The molecule has 25 heavy (non-hydrogen) atoms. The molecule has 7 nitrogen and oxygen atoms in total. The highest BCUT2D eigenvalue weighted by Crippen LogP contribution is 2.22. The number of hydrogen-bond donors (Lipinski definition) is 3. The molecule has 0 aromatic heterocycles. The number of primary amides is 1. The first-order chi connectivity index (χ1) is 12.0. The van der Waals surface area contributed by atoms with Crippen LogP contribution in [0.15, 0.2) is 24.3 Å². The number of benzene rings is 1. The average Bonchev–Trinajstić information content (AvgIpc) is 2.78. The number of rotatable bonds is 4. The molecule has 2 atom stereocenters. The summed E-state index contributed by atoms with van der Waals surface area (Å²) in [6.45, 7) is 1.19. The molecule has 0 unspecified atom stereocenters. The number of carbonyl (C=O) groups is 3. The van der Waals surface area contributed by atoms with Crippen molar-refractivity contribution in [2.24, 2.45) is 5.73 Å². The normalized spacial score (nSPS) is 23.9. The van der Waals surface area contributed by atoms with E-state index in [0.717, 1.165) is 24.0 Å². The number of nitrogens with two attached hydrogens (primary N) is 1. The predicted octanol–water partition coefficient (Wildman–Crippen LogP) is -0.316. The SMILES string of the molecule is NC(=O)[C@@H]1Cc2ccccc2CN1CC(=O)N[C@H]1CCCCNC1=O. The largest absolute Gasteiger partial charge is 0.368 e. The van der Waals surface area contributed by atoms with E-state index in [4.69, 9.17) is 5.73 Å². The van der Waals surface area contributed by atoms with Crippen molar-refractivity contribution in [3.05, 3.63) is 35.4 Å². The smallest absolute Gasteiger partial charge is 0.242 e. The van der Waals surface area contributed by atoms with E-state index in [9.17, 15) is 14.4 Å². The molecule has 3 amide bonds. The van der Waals surface area contributed by atoms with Crippen LogP contribution in [-0.4, -0.2) is 47.8 Å². The third-order valence-corrected chi connectivity index (χ3v) is 4.89. The molecule has 134 valence electrons. The van der Waals surface area contributed by atoms with Crippen molar-refractivity contribution in [2.75, 3.05) is 13.1 Å². The summed E-state index contributed by atoms with van der Waals surface area (Å²) in [4.78, 5) is 38.0. The molecule has 2 aliphatic rings. The van der Waals surface area contributed by atoms with E-state index >= 15 is 0 Å². The summed E-state index contributed by atoms with van der Waals surface area (Å²) in [5, 5.41) is 5.60. The molecule has 0 radical (unpaired) electrons. The zero-order valence-corrected chi connectivity index (χ0v) is 14.2. The van der Waals surface area contributed by atoms with Crippen LogP contribution in [0.5, 0.6) is 0 Å². The van der Waals surface area contributed by atoms with Crippen molar-refractivity contribution >= 4 is 17.7 Å². The van der Waals surface area contributed by atoms with Gasteiger partial charge in [-0.15, -0.1) is 0 Å². The minimum Gasteiger partial charge on any atom is -0.368 e. The lowest BCUT2D eigenvalue weighted by atomic mass is 9.93. The van der Waals surface area contributed by atoms with Gasteiger partial charge in [-0.1, -0.05) is 24.3 Å². The van der Waals surface area contributed by atoms with Gasteiger partial charge in [-0.05, 0) is 36.8 Å². The van der Waals surface area contributed by atoms with Crippen LogP contribution in [0.25, 0.3) is 0 Å². The first kappa shape index (κ1) is 17.4. The second-order valence-corrected chi connectivity index (χ2v) is 6.70. The Labute approximate surface area is 146 Å². The predicted molar refractivity (Wildman–Crippen MR) is 92.3 cm³/mol. The number of nitrogens with one attached hydrogen (secondary N) is 2. The summed E-state index contributed by atoms with van der Waals surface area (Å²) < 4.78 is 0. The highest BCUT2D eigenvalue weighted by molar-refractivity contribution is 5.89. The zero-order chi connectivity index (χ0) is 17.8. The molecule has 0 bridgehead atoms. The topological polar surface area (TPSA) is 105 Å². The Hall–Kier alpha value is -2.41. The van der Waals surface area contributed by atoms with Gasteiger partial charge in [0.2, 0.25) is 17.7 Å². The average molecular weight is 344 g/mol. The Balaban J connectivity index is 1.66. The maximum absolute atomic E-state index is 12.4. The van der Waals surface area contributed by atoms with Gasteiger partial charge in [0.1, 0.15) is 6.04 Å². The van der Waals surface area contributed by atoms with Crippen LogP contribution >= 0.6 is 0 Å². The van der Waals surface area contributed by atoms with E-state index in [0.29, 0.717) is 25.9 Å². The number of fused-ring (bicyclic) bond motifs is 1. The van der Waals surface area contributed by atoms with Crippen LogP contribution in [0.3, 0.4) is 0 Å². The molecule has 0 saturated carbocycles. The molecule has 4 N–H and O–H groups in total. The van der Waals surface area contributed by atoms with Crippen molar-refractivity contribution in [3.8, 4) is 0 Å². The van der Waals surface area contributed by atoms with Crippen LogP contribution in [0.1, 0.15) is 30.4 Å². The van der Waals surface area contributed by atoms with Gasteiger partial charge in [-0.3, -0.25) is 19.3 Å².